The summed E-state index contributed by atoms with van der Waals surface area (Å²) in [6.07, 6.45) is 2.18. The van der Waals surface area contributed by atoms with Crippen molar-refractivity contribution >= 4 is 18.3 Å². The highest BCUT2D eigenvalue weighted by Gasteiger charge is 2.33. The van der Waals surface area contributed by atoms with E-state index in [9.17, 15) is 14.7 Å². The summed E-state index contributed by atoms with van der Waals surface area (Å²) in [5.74, 6) is -1.02. The number of halogens is 1. The molecule has 0 fully saturated rings. The summed E-state index contributed by atoms with van der Waals surface area (Å²) in [4.78, 5) is 25.5. The highest BCUT2D eigenvalue weighted by Crippen LogP contribution is 2.30. The highest BCUT2D eigenvalue weighted by molar-refractivity contribution is 5.95. The van der Waals surface area contributed by atoms with Gasteiger partial charge in [0.1, 0.15) is 0 Å². The van der Waals surface area contributed by atoms with Gasteiger partial charge >= 0.3 is 0 Å². The van der Waals surface area contributed by atoms with E-state index in [-0.39, 0.29) is 30.2 Å². The predicted molar refractivity (Wildman–Crippen MR) is 139 cm³/mol. The van der Waals surface area contributed by atoms with Gasteiger partial charge in [0.15, 0.2) is 11.4 Å². The van der Waals surface area contributed by atoms with Crippen molar-refractivity contribution in [3.05, 3.63) is 136 Å². The molecule has 0 bridgehead atoms. The van der Waals surface area contributed by atoms with E-state index in [2.05, 4.69) is 5.32 Å². The molecular weight excluding hydrogens is 462 g/mol. The standard InChI is InChI=1S/C28H25N3O3.ClH/c32-24-16-17-30-26(27(24)33)28(34)29-23(18-20-10-4-1-5-11-20)19-31(30)25(21-12-6-2-7-13-21)22-14-8-3-9-15-22;/h1-17,23,25,33H,18-19H2,(H,29,34);1H/t23-;/m0./s1. The number of benzene rings is 3. The van der Waals surface area contributed by atoms with Crippen molar-refractivity contribution < 1.29 is 9.90 Å². The van der Waals surface area contributed by atoms with Crippen LogP contribution in [0.25, 0.3) is 0 Å². The molecule has 0 saturated carbocycles. The van der Waals surface area contributed by atoms with Gasteiger partial charge in [-0.2, -0.15) is 0 Å². The Labute approximate surface area is 209 Å². The largest absolute Gasteiger partial charge is 0.502 e. The third kappa shape index (κ3) is 4.93. The third-order valence-electron chi connectivity index (χ3n) is 6.14. The first-order chi connectivity index (χ1) is 16.6. The van der Waals surface area contributed by atoms with Crippen LogP contribution in [0.4, 0.5) is 0 Å². The van der Waals surface area contributed by atoms with Crippen LogP contribution < -0.4 is 15.8 Å². The lowest BCUT2D eigenvalue weighted by atomic mass is 9.97. The van der Waals surface area contributed by atoms with Gasteiger partial charge in [0.2, 0.25) is 5.43 Å². The number of fused-ring (bicyclic) bond motifs is 1. The molecule has 1 aliphatic rings. The van der Waals surface area contributed by atoms with Crippen LogP contribution in [0.1, 0.15) is 33.2 Å². The van der Waals surface area contributed by atoms with Crippen molar-refractivity contribution in [2.45, 2.75) is 18.5 Å². The van der Waals surface area contributed by atoms with Crippen LogP contribution in [-0.4, -0.2) is 28.3 Å². The van der Waals surface area contributed by atoms with Crippen LogP contribution in [0.3, 0.4) is 0 Å². The number of carbonyl (C=O) groups excluding carboxylic acids is 1. The molecule has 1 aliphatic heterocycles. The lowest BCUT2D eigenvalue weighted by molar-refractivity contribution is 0.0933. The molecule has 1 aromatic heterocycles. The molecule has 35 heavy (non-hydrogen) atoms. The van der Waals surface area contributed by atoms with Gasteiger partial charge in [0.25, 0.3) is 5.91 Å². The van der Waals surface area contributed by atoms with E-state index in [0.29, 0.717) is 13.0 Å². The normalized spacial score (nSPS) is 15.1. The zero-order valence-corrected chi connectivity index (χ0v) is 19.8. The fourth-order valence-electron chi connectivity index (χ4n) is 4.61. The van der Waals surface area contributed by atoms with Gasteiger partial charge in [0, 0.05) is 12.3 Å². The molecule has 178 valence electrons. The summed E-state index contributed by atoms with van der Waals surface area (Å²) < 4.78 is 1.63. The van der Waals surface area contributed by atoms with Crippen LogP contribution in [0.15, 0.2) is 108 Å². The lowest BCUT2D eigenvalue weighted by Gasteiger charge is -2.37. The van der Waals surface area contributed by atoms with Crippen molar-refractivity contribution in [1.29, 1.82) is 0 Å². The van der Waals surface area contributed by atoms with Crippen molar-refractivity contribution in [2.75, 3.05) is 11.6 Å². The second-order valence-electron chi connectivity index (χ2n) is 8.43. The molecular formula is C28H26ClN3O3. The first-order valence-corrected chi connectivity index (χ1v) is 11.3. The van der Waals surface area contributed by atoms with Gasteiger partial charge in [0.05, 0.1) is 18.6 Å². The molecule has 6 nitrogen and oxygen atoms in total. The monoisotopic (exact) mass is 487 g/mol. The van der Waals surface area contributed by atoms with Gasteiger partial charge in [-0.3, -0.25) is 19.3 Å². The molecule has 0 unspecified atom stereocenters. The van der Waals surface area contributed by atoms with Crippen molar-refractivity contribution in [3.8, 4) is 5.75 Å². The Morgan fingerprint density at radius 3 is 1.94 bits per heavy atom. The third-order valence-corrected chi connectivity index (χ3v) is 6.14. The van der Waals surface area contributed by atoms with E-state index in [1.54, 1.807) is 10.9 Å². The molecule has 1 atom stereocenters. The number of amides is 1. The second-order valence-corrected chi connectivity index (χ2v) is 8.43. The van der Waals surface area contributed by atoms with E-state index < -0.39 is 17.1 Å². The molecule has 1 amide bonds. The molecule has 0 saturated heterocycles. The number of hydrogen-bond donors (Lipinski definition) is 2. The Kier molecular flexibility index (Phi) is 7.22. The molecule has 0 aliphatic carbocycles. The summed E-state index contributed by atoms with van der Waals surface area (Å²) in [7, 11) is 0. The van der Waals surface area contributed by atoms with Crippen molar-refractivity contribution in [3.63, 3.8) is 0 Å². The summed E-state index contributed by atoms with van der Waals surface area (Å²) >= 11 is 0. The minimum Gasteiger partial charge on any atom is -0.502 e. The van der Waals surface area contributed by atoms with Crippen LogP contribution >= 0.6 is 12.4 Å². The number of pyridine rings is 1. The summed E-state index contributed by atoms with van der Waals surface area (Å²) in [6.45, 7) is 0.463. The maximum absolute atomic E-state index is 13.3. The molecule has 0 spiro atoms. The van der Waals surface area contributed by atoms with Crippen LogP contribution in [0.2, 0.25) is 0 Å². The molecule has 2 heterocycles. The van der Waals surface area contributed by atoms with Crippen LogP contribution in [0, 0.1) is 0 Å². The lowest BCUT2D eigenvalue weighted by Crippen LogP contribution is -2.46. The average molecular weight is 488 g/mol. The zero-order valence-electron chi connectivity index (χ0n) is 19.0. The maximum atomic E-state index is 13.3. The maximum Gasteiger partial charge on any atom is 0.274 e. The Hall–Kier alpha value is -4.03. The van der Waals surface area contributed by atoms with Crippen LogP contribution in [0.5, 0.6) is 5.75 Å². The van der Waals surface area contributed by atoms with Gasteiger partial charge in [-0.05, 0) is 23.1 Å². The first-order valence-electron chi connectivity index (χ1n) is 11.3. The van der Waals surface area contributed by atoms with E-state index in [1.165, 1.54) is 6.07 Å². The smallest absolute Gasteiger partial charge is 0.274 e. The summed E-state index contributed by atoms with van der Waals surface area (Å²) in [6, 6.07) is 30.8. The zero-order chi connectivity index (χ0) is 23.5. The Bertz CT molecular complexity index is 1300. The Morgan fingerprint density at radius 1 is 0.829 bits per heavy atom. The highest BCUT2D eigenvalue weighted by atomic mass is 35.5. The quantitative estimate of drug-likeness (QED) is 0.445. The number of aromatic nitrogens is 1. The number of aromatic hydroxyl groups is 1. The van der Waals surface area contributed by atoms with Gasteiger partial charge in [-0.1, -0.05) is 91.0 Å². The minimum atomic E-state index is -0.584. The first kappa shape index (κ1) is 24.1. The average Bonchev–Trinajstić information content (AvgIpc) is 3.00. The molecule has 3 aromatic carbocycles. The number of nitrogens with zero attached hydrogens (tertiary/aromatic N) is 2. The van der Waals surface area contributed by atoms with Crippen molar-refractivity contribution in [2.24, 2.45) is 0 Å². The SMILES string of the molecule is Cl.O=C1N[C@@H](Cc2ccccc2)CN(C(c2ccccc2)c2ccccc2)n2ccc(=O)c(O)c21. The fourth-order valence-corrected chi connectivity index (χ4v) is 4.61. The number of hydrogen-bond acceptors (Lipinski definition) is 4. The van der Waals surface area contributed by atoms with Gasteiger partial charge in [-0.25, -0.2) is 0 Å². The van der Waals surface area contributed by atoms with E-state index in [4.69, 9.17) is 0 Å². The van der Waals surface area contributed by atoms with Crippen LogP contribution in [-0.2, 0) is 6.42 Å². The van der Waals surface area contributed by atoms with Crippen molar-refractivity contribution in [1.82, 2.24) is 9.99 Å². The van der Waals surface area contributed by atoms with E-state index >= 15 is 0 Å². The van der Waals surface area contributed by atoms with E-state index in [0.717, 1.165) is 16.7 Å². The number of carbonyl (C=O) groups is 1. The Balaban J connectivity index is 0.00000289. The summed E-state index contributed by atoms with van der Waals surface area (Å²) in [5, 5.41) is 15.7. The summed E-state index contributed by atoms with van der Waals surface area (Å²) in [5.41, 5.74) is 2.52. The molecule has 4 aromatic rings. The molecule has 7 heteroatoms. The Morgan fingerprint density at radius 2 is 1.37 bits per heavy atom. The number of rotatable bonds is 5. The predicted octanol–water partition coefficient (Wildman–Crippen LogP) is 4.06. The number of nitrogens with one attached hydrogen (secondary N) is 1. The fraction of sp³-hybridized carbons (Fsp3) is 0.143. The molecule has 5 rings (SSSR count). The van der Waals surface area contributed by atoms with Gasteiger partial charge < -0.3 is 10.4 Å². The molecule has 0 radical (unpaired) electrons. The van der Waals surface area contributed by atoms with Gasteiger partial charge in [-0.15, -0.1) is 12.4 Å². The molecule has 2 N–H and O–H groups in total. The minimum absolute atomic E-state index is 0. The second kappa shape index (κ2) is 10.5. The topological polar surface area (TPSA) is 74.6 Å². The van der Waals surface area contributed by atoms with E-state index in [1.807, 2.05) is 96.0 Å².